The third-order valence-electron chi connectivity index (χ3n) is 4.39. The minimum Gasteiger partial charge on any atom is -0.480 e. The fourth-order valence-corrected chi connectivity index (χ4v) is 6.81. The Morgan fingerprint density at radius 1 is 1.59 bits per heavy atom. The number of amides is 1. The van der Waals surface area contributed by atoms with Crippen LogP contribution in [0.25, 0.3) is 0 Å². The average molecular weight is 343 g/mol. The standard InChI is InChI=1S/C14H21N3O3S2/c1-7(2)10-11(18)17-6-14(13(19)20,22-12(10)17)21-9-4-15-8(3)16-5-9/h7,9-10,12H,4-6H2,1-3H3,(H,15,16)(H,19,20)/t10?,12-,14?/m1/s1. The number of carbonyl (C=O) groups is 2. The van der Waals surface area contributed by atoms with Crippen molar-refractivity contribution < 1.29 is 14.7 Å². The SMILES string of the molecule is CC1=NCC(SC2(C(=O)O)CN3C(=O)C(C(C)C)[C@H]3S2)CN1. The van der Waals surface area contributed by atoms with E-state index in [2.05, 4.69) is 10.3 Å². The second-order valence-corrected chi connectivity index (χ2v) is 9.62. The second kappa shape index (κ2) is 5.63. The highest BCUT2D eigenvalue weighted by Crippen LogP contribution is 2.56. The molecule has 3 unspecified atom stereocenters. The predicted octanol–water partition coefficient (Wildman–Crippen LogP) is 1.08. The quantitative estimate of drug-likeness (QED) is 0.744. The van der Waals surface area contributed by atoms with Gasteiger partial charge in [-0.15, -0.1) is 23.5 Å². The number of hydrogen-bond donors (Lipinski definition) is 2. The zero-order valence-corrected chi connectivity index (χ0v) is 14.5. The smallest absolute Gasteiger partial charge is 0.332 e. The summed E-state index contributed by atoms with van der Waals surface area (Å²) in [6.07, 6.45) is 0. The Bertz CT molecular complexity index is 539. The molecule has 1 amide bonds. The molecule has 3 aliphatic rings. The van der Waals surface area contributed by atoms with E-state index in [0.29, 0.717) is 13.1 Å². The average Bonchev–Trinajstić information content (AvgIpc) is 2.77. The molecule has 2 fully saturated rings. The van der Waals surface area contributed by atoms with E-state index >= 15 is 0 Å². The number of amidine groups is 1. The Balaban J connectivity index is 1.75. The van der Waals surface area contributed by atoms with Gasteiger partial charge >= 0.3 is 5.97 Å². The van der Waals surface area contributed by atoms with Crippen LogP contribution in [0.15, 0.2) is 4.99 Å². The van der Waals surface area contributed by atoms with Crippen LogP contribution in [0.2, 0.25) is 0 Å². The van der Waals surface area contributed by atoms with Gasteiger partial charge in [-0.05, 0) is 12.8 Å². The lowest BCUT2D eigenvalue weighted by atomic mass is 9.87. The van der Waals surface area contributed by atoms with Crippen molar-refractivity contribution in [1.82, 2.24) is 10.2 Å². The number of carboxylic acids is 1. The van der Waals surface area contributed by atoms with Crippen LogP contribution in [0, 0.1) is 11.8 Å². The van der Waals surface area contributed by atoms with Gasteiger partial charge in [0.25, 0.3) is 0 Å². The molecule has 4 atom stereocenters. The van der Waals surface area contributed by atoms with Gasteiger partial charge in [-0.25, -0.2) is 4.79 Å². The van der Waals surface area contributed by atoms with E-state index in [1.807, 2.05) is 20.8 Å². The van der Waals surface area contributed by atoms with Crippen molar-refractivity contribution in [2.24, 2.45) is 16.8 Å². The van der Waals surface area contributed by atoms with Crippen molar-refractivity contribution in [3.8, 4) is 0 Å². The minimum atomic E-state index is -0.961. The van der Waals surface area contributed by atoms with E-state index in [1.54, 1.807) is 4.90 Å². The summed E-state index contributed by atoms with van der Waals surface area (Å²) < 4.78 is -0.961. The molecule has 0 bridgehead atoms. The van der Waals surface area contributed by atoms with Gasteiger partial charge in [0.15, 0.2) is 4.08 Å². The molecule has 3 heterocycles. The van der Waals surface area contributed by atoms with Gasteiger partial charge in [0, 0.05) is 11.8 Å². The van der Waals surface area contributed by atoms with Crippen molar-refractivity contribution >= 4 is 41.2 Å². The van der Waals surface area contributed by atoms with Crippen LogP contribution < -0.4 is 5.32 Å². The van der Waals surface area contributed by atoms with Crippen LogP contribution in [0.4, 0.5) is 0 Å². The van der Waals surface area contributed by atoms with Gasteiger partial charge in [0.05, 0.1) is 30.2 Å². The Hall–Kier alpha value is -0.890. The molecule has 3 aliphatic heterocycles. The Morgan fingerprint density at radius 2 is 2.32 bits per heavy atom. The monoisotopic (exact) mass is 343 g/mol. The summed E-state index contributed by atoms with van der Waals surface area (Å²) in [5.74, 6) is 0.375. The summed E-state index contributed by atoms with van der Waals surface area (Å²) in [4.78, 5) is 30.2. The lowest BCUT2D eigenvalue weighted by Gasteiger charge is -2.43. The molecule has 0 aromatic carbocycles. The maximum atomic E-state index is 12.2. The van der Waals surface area contributed by atoms with Crippen LogP contribution in [0.3, 0.4) is 0 Å². The minimum absolute atomic E-state index is 0.0119. The maximum Gasteiger partial charge on any atom is 0.332 e. The molecular formula is C14H21N3O3S2. The fourth-order valence-electron chi connectivity index (χ4n) is 3.13. The number of carboxylic acid groups (broad SMARTS) is 1. The van der Waals surface area contributed by atoms with Gasteiger partial charge in [-0.3, -0.25) is 9.79 Å². The van der Waals surface area contributed by atoms with E-state index in [0.717, 1.165) is 12.4 Å². The lowest BCUT2D eigenvalue weighted by molar-refractivity contribution is -0.152. The molecule has 0 aromatic rings. The summed E-state index contributed by atoms with van der Waals surface area (Å²) in [7, 11) is 0. The first-order chi connectivity index (χ1) is 10.3. The van der Waals surface area contributed by atoms with Crippen LogP contribution in [0.5, 0.6) is 0 Å². The second-order valence-electron chi connectivity index (χ2n) is 6.35. The van der Waals surface area contributed by atoms with Crippen LogP contribution >= 0.6 is 23.5 Å². The van der Waals surface area contributed by atoms with Gasteiger partial charge in [0.2, 0.25) is 5.91 Å². The Morgan fingerprint density at radius 3 is 2.86 bits per heavy atom. The van der Waals surface area contributed by atoms with Crippen molar-refractivity contribution in [1.29, 1.82) is 0 Å². The molecule has 2 N–H and O–H groups in total. The van der Waals surface area contributed by atoms with E-state index in [1.165, 1.54) is 23.5 Å². The first-order valence-electron chi connectivity index (χ1n) is 7.48. The number of nitrogens with zero attached hydrogens (tertiary/aromatic N) is 2. The first kappa shape index (κ1) is 16.0. The largest absolute Gasteiger partial charge is 0.480 e. The lowest BCUT2D eigenvalue weighted by Crippen LogP contribution is -2.58. The summed E-state index contributed by atoms with van der Waals surface area (Å²) in [6.45, 7) is 7.61. The number of nitrogens with one attached hydrogen (secondary N) is 1. The molecule has 22 heavy (non-hydrogen) atoms. The highest BCUT2D eigenvalue weighted by Gasteiger charge is 2.63. The van der Waals surface area contributed by atoms with Crippen molar-refractivity contribution in [2.45, 2.75) is 35.5 Å². The molecule has 122 valence electrons. The number of β-lactam (4-membered cyclic amide) rings is 1. The zero-order valence-electron chi connectivity index (χ0n) is 12.9. The molecule has 0 aromatic heterocycles. The van der Waals surface area contributed by atoms with Gasteiger partial charge < -0.3 is 15.3 Å². The number of aliphatic imine (C=N–C) groups is 1. The molecule has 0 radical (unpaired) electrons. The van der Waals surface area contributed by atoms with E-state index in [9.17, 15) is 14.7 Å². The number of carbonyl (C=O) groups excluding carboxylic acids is 1. The third kappa shape index (κ3) is 2.50. The van der Waals surface area contributed by atoms with Crippen LogP contribution in [-0.4, -0.2) is 62.1 Å². The van der Waals surface area contributed by atoms with Crippen molar-refractivity contribution in [3.63, 3.8) is 0 Å². The molecule has 8 heteroatoms. The van der Waals surface area contributed by atoms with Crippen LogP contribution in [0.1, 0.15) is 20.8 Å². The van der Waals surface area contributed by atoms with Crippen molar-refractivity contribution in [3.05, 3.63) is 0 Å². The Labute approximate surface area is 138 Å². The summed E-state index contributed by atoms with van der Waals surface area (Å²) in [5, 5.41) is 13.1. The molecule has 0 saturated carbocycles. The normalized spacial score (nSPS) is 37.5. The molecule has 2 saturated heterocycles. The first-order valence-corrected chi connectivity index (χ1v) is 9.24. The predicted molar refractivity (Wildman–Crippen MR) is 89.1 cm³/mol. The molecule has 0 aliphatic carbocycles. The highest BCUT2D eigenvalue weighted by atomic mass is 32.2. The van der Waals surface area contributed by atoms with Gasteiger partial charge in [-0.2, -0.15) is 0 Å². The van der Waals surface area contributed by atoms with Crippen molar-refractivity contribution in [2.75, 3.05) is 19.6 Å². The summed E-state index contributed by atoms with van der Waals surface area (Å²) >= 11 is 2.89. The Kier molecular flexibility index (Phi) is 4.09. The molecular weight excluding hydrogens is 322 g/mol. The highest BCUT2D eigenvalue weighted by molar-refractivity contribution is 8.20. The van der Waals surface area contributed by atoms with E-state index < -0.39 is 10.0 Å². The summed E-state index contributed by atoms with van der Waals surface area (Å²) in [5.41, 5.74) is 0. The van der Waals surface area contributed by atoms with E-state index in [-0.39, 0.29) is 28.4 Å². The fraction of sp³-hybridized carbons (Fsp3) is 0.786. The topological polar surface area (TPSA) is 82.0 Å². The summed E-state index contributed by atoms with van der Waals surface area (Å²) in [6, 6.07) is 0. The molecule has 0 spiro atoms. The van der Waals surface area contributed by atoms with Gasteiger partial charge in [0.1, 0.15) is 0 Å². The number of thioether (sulfide) groups is 2. The molecule has 6 nitrogen and oxygen atoms in total. The number of rotatable bonds is 4. The van der Waals surface area contributed by atoms with Gasteiger partial charge in [-0.1, -0.05) is 13.8 Å². The zero-order chi connectivity index (χ0) is 16.1. The maximum absolute atomic E-state index is 12.2. The number of hydrogen-bond acceptors (Lipinski definition) is 6. The third-order valence-corrected chi connectivity index (χ3v) is 7.78. The van der Waals surface area contributed by atoms with Crippen LogP contribution in [-0.2, 0) is 9.59 Å². The number of aliphatic carboxylic acids is 1. The van der Waals surface area contributed by atoms with E-state index in [4.69, 9.17) is 0 Å². The molecule has 3 rings (SSSR count). The number of fused-ring (bicyclic) bond motifs is 1.